The summed E-state index contributed by atoms with van der Waals surface area (Å²) < 4.78 is 36.0. The van der Waals surface area contributed by atoms with Crippen LogP contribution < -0.4 is 4.74 Å². The Labute approximate surface area is 158 Å². The molecule has 0 saturated heterocycles. The summed E-state index contributed by atoms with van der Waals surface area (Å²) in [5.74, 6) is -0.584. The van der Waals surface area contributed by atoms with Gasteiger partial charge in [0.2, 0.25) is 0 Å². The van der Waals surface area contributed by atoms with E-state index in [0.717, 1.165) is 5.56 Å². The number of esters is 1. The third kappa shape index (κ3) is 4.37. The van der Waals surface area contributed by atoms with Crippen LogP contribution in [0.25, 0.3) is 0 Å². The smallest absolute Gasteiger partial charge is 0.342 e. The van der Waals surface area contributed by atoms with Crippen molar-refractivity contribution >= 4 is 27.4 Å². The van der Waals surface area contributed by atoms with E-state index in [1.165, 1.54) is 31.4 Å². The fourth-order valence-electron chi connectivity index (χ4n) is 2.66. The monoisotopic (exact) mass is 396 g/mol. The van der Waals surface area contributed by atoms with Crippen LogP contribution in [0.4, 0.5) is 0 Å². The van der Waals surface area contributed by atoms with Crippen molar-refractivity contribution in [3.05, 3.63) is 58.1 Å². The van der Waals surface area contributed by atoms with Crippen LogP contribution in [0.2, 0.25) is 5.02 Å². The SMILES string of the molecule is CCOC(=O)c1c(CS(=O)(=O)c2ccc(Cl)cc2)ccc(CC)c1OC. The predicted molar refractivity (Wildman–Crippen MR) is 101 cm³/mol. The van der Waals surface area contributed by atoms with Gasteiger partial charge < -0.3 is 9.47 Å². The number of carbonyl (C=O) groups excluding carboxylic acids is 1. The number of rotatable bonds is 7. The van der Waals surface area contributed by atoms with Crippen LogP contribution in [-0.4, -0.2) is 28.1 Å². The molecular formula is C19H21ClO5S. The van der Waals surface area contributed by atoms with Crippen LogP contribution in [0.1, 0.15) is 35.3 Å². The van der Waals surface area contributed by atoms with Gasteiger partial charge in [0.15, 0.2) is 9.84 Å². The molecule has 0 saturated carbocycles. The molecule has 2 aromatic carbocycles. The molecule has 0 heterocycles. The van der Waals surface area contributed by atoms with E-state index in [-0.39, 0.29) is 22.8 Å². The van der Waals surface area contributed by atoms with Crippen molar-refractivity contribution < 1.29 is 22.7 Å². The van der Waals surface area contributed by atoms with Gasteiger partial charge >= 0.3 is 5.97 Å². The minimum Gasteiger partial charge on any atom is -0.496 e. The highest BCUT2D eigenvalue weighted by molar-refractivity contribution is 7.90. The van der Waals surface area contributed by atoms with E-state index in [1.807, 2.05) is 6.92 Å². The molecule has 5 nitrogen and oxygen atoms in total. The number of halogens is 1. The summed E-state index contributed by atoms with van der Waals surface area (Å²) in [5, 5.41) is 0.449. The highest BCUT2D eigenvalue weighted by atomic mass is 35.5. The van der Waals surface area contributed by atoms with Crippen molar-refractivity contribution in [3.63, 3.8) is 0 Å². The van der Waals surface area contributed by atoms with Crippen molar-refractivity contribution in [2.45, 2.75) is 30.9 Å². The number of aryl methyl sites for hydroxylation is 1. The number of ether oxygens (including phenoxy) is 2. The van der Waals surface area contributed by atoms with Gasteiger partial charge in [-0.1, -0.05) is 30.7 Å². The Balaban J connectivity index is 2.54. The maximum atomic E-state index is 12.8. The van der Waals surface area contributed by atoms with E-state index in [9.17, 15) is 13.2 Å². The van der Waals surface area contributed by atoms with Crippen molar-refractivity contribution in [2.24, 2.45) is 0 Å². The summed E-state index contributed by atoms with van der Waals surface area (Å²) in [5.41, 5.74) is 1.31. The van der Waals surface area contributed by atoms with E-state index >= 15 is 0 Å². The fraction of sp³-hybridized carbons (Fsp3) is 0.316. The first-order chi connectivity index (χ1) is 12.3. The molecule has 0 amide bonds. The van der Waals surface area contributed by atoms with Gasteiger partial charge in [-0.3, -0.25) is 0 Å². The predicted octanol–water partition coefficient (Wildman–Crippen LogP) is 4.06. The Bertz CT molecular complexity index is 889. The number of hydrogen-bond acceptors (Lipinski definition) is 5. The molecule has 0 radical (unpaired) electrons. The van der Waals surface area contributed by atoms with Gasteiger partial charge in [0.05, 0.1) is 24.4 Å². The molecule has 0 aliphatic rings. The van der Waals surface area contributed by atoms with Crippen LogP contribution in [0.15, 0.2) is 41.3 Å². The summed E-state index contributed by atoms with van der Waals surface area (Å²) in [7, 11) is -2.21. The highest BCUT2D eigenvalue weighted by Gasteiger charge is 2.25. The van der Waals surface area contributed by atoms with Crippen LogP contribution >= 0.6 is 11.6 Å². The Hall–Kier alpha value is -2.05. The van der Waals surface area contributed by atoms with Gasteiger partial charge in [0.1, 0.15) is 11.3 Å². The first-order valence-corrected chi connectivity index (χ1v) is 10.2. The maximum absolute atomic E-state index is 12.8. The minimum atomic E-state index is -3.67. The average Bonchev–Trinajstić information content (AvgIpc) is 2.61. The highest BCUT2D eigenvalue weighted by Crippen LogP contribution is 2.31. The summed E-state index contributed by atoms with van der Waals surface area (Å²) in [6, 6.07) is 9.33. The van der Waals surface area contributed by atoms with Gasteiger partial charge in [-0.05, 0) is 48.7 Å². The first kappa shape index (κ1) is 20.3. The molecule has 0 bridgehead atoms. The lowest BCUT2D eigenvalue weighted by Crippen LogP contribution is -2.15. The molecule has 0 fully saturated rings. The number of carbonyl (C=O) groups is 1. The number of benzene rings is 2. The van der Waals surface area contributed by atoms with Gasteiger partial charge in [-0.2, -0.15) is 0 Å². The normalized spacial score (nSPS) is 11.2. The average molecular weight is 397 g/mol. The molecule has 0 atom stereocenters. The van der Waals surface area contributed by atoms with Gasteiger partial charge in [-0.15, -0.1) is 0 Å². The largest absolute Gasteiger partial charge is 0.496 e. The van der Waals surface area contributed by atoms with Crippen LogP contribution in [0.3, 0.4) is 0 Å². The third-order valence-corrected chi connectivity index (χ3v) is 5.84. The van der Waals surface area contributed by atoms with Crippen LogP contribution in [0.5, 0.6) is 5.75 Å². The molecule has 0 aliphatic carbocycles. The zero-order valence-corrected chi connectivity index (χ0v) is 16.5. The number of hydrogen-bond donors (Lipinski definition) is 0. The van der Waals surface area contributed by atoms with Gasteiger partial charge in [0, 0.05) is 5.02 Å². The summed E-state index contributed by atoms with van der Waals surface area (Å²) in [6.07, 6.45) is 0.639. The molecule has 140 valence electrons. The second-order valence-electron chi connectivity index (χ2n) is 5.58. The quantitative estimate of drug-likeness (QED) is 0.660. The standard InChI is InChI=1S/C19H21ClO5S/c1-4-13-6-7-14(17(18(13)24-3)19(21)25-5-2)12-26(22,23)16-10-8-15(20)9-11-16/h6-11H,4-5,12H2,1-3H3. The topological polar surface area (TPSA) is 69.7 Å². The van der Waals surface area contributed by atoms with Gasteiger partial charge in [-0.25, -0.2) is 13.2 Å². The minimum absolute atomic E-state index is 0.134. The lowest BCUT2D eigenvalue weighted by Gasteiger charge is -2.16. The molecular weight excluding hydrogens is 376 g/mol. The molecule has 0 N–H and O–H groups in total. The second kappa shape index (κ2) is 8.56. The van der Waals surface area contributed by atoms with E-state index < -0.39 is 15.8 Å². The zero-order valence-electron chi connectivity index (χ0n) is 14.9. The van der Waals surface area contributed by atoms with E-state index in [4.69, 9.17) is 21.1 Å². The third-order valence-electron chi connectivity index (χ3n) is 3.91. The van der Waals surface area contributed by atoms with Crippen molar-refractivity contribution in [1.82, 2.24) is 0 Å². The van der Waals surface area contributed by atoms with E-state index in [2.05, 4.69) is 0 Å². The molecule has 2 rings (SSSR count). The molecule has 26 heavy (non-hydrogen) atoms. The number of sulfone groups is 1. The first-order valence-electron chi connectivity index (χ1n) is 8.18. The lowest BCUT2D eigenvalue weighted by molar-refractivity contribution is 0.0521. The summed E-state index contributed by atoms with van der Waals surface area (Å²) in [6.45, 7) is 3.80. The molecule has 0 unspecified atom stereocenters. The van der Waals surface area contributed by atoms with Crippen LogP contribution in [0, 0.1) is 0 Å². The Morgan fingerprint density at radius 1 is 1.04 bits per heavy atom. The van der Waals surface area contributed by atoms with E-state index in [0.29, 0.717) is 22.8 Å². The summed E-state index contributed by atoms with van der Waals surface area (Å²) >= 11 is 5.82. The summed E-state index contributed by atoms with van der Waals surface area (Å²) in [4.78, 5) is 12.6. The molecule has 2 aromatic rings. The molecule has 0 aromatic heterocycles. The molecule has 0 spiro atoms. The number of methoxy groups -OCH3 is 1. The maximum Gasteiger partial charge on any atom is 0.342 e. The Kier molecular flexibility index (Phi) is 6.67. The second-order valence-corrected chi connectivity index (χ2v) is 8.01. The zero-order chi connectivity index (χ0) is 19.3. The van der Waals surface area contributed by atoms with E-state index in [1.54, 1.807) is 19.1 Å². The van der Waals surface area contributed by atoms with Crippen LogP contribution in [-0.2, 0) is 26.7 Å². The lowest BCUT2D eigenvalue weighted by atomic mass is 10.0. The Morgan fingerprint density at radius 2 is 1.65 bits per heavy atom. The van der Waals surface area contributed by atoms with Crippen molar-refractivity contribution in [1.29, 1.82) is 0 Å². The molecule has 7 heteroatoms. The van der Waals surface area contributed by atoms with Crippen molar-refractivity contribution in [2.75, 3.05) is 13.7 Å². The molecule has 0 aliphatic heterocycles. The Morgan fingerprint density at radius 3 is 2.19 bits per heavy atom. The van der Waals surface area contributed by atoms with Crippen molar-refractivity contribution in [3.8, 4) is 5.75 Å². The van der Waals surface area contributed by atoms with Gasteiger partial charge in [0.25, 0.3) is 0 Å². The fourth-order valence-corrected chi connectivity index (χ4v) is 4.15.